The Balaban J connectivity index is 1.43. The molecule has 2 aromatic carbocycles. The second-order valence-corrected chi connectivity index (χ2v) is 8.06. The summed E-state index contributed by atoms with van der Waals surface area (Å²) in [6, 6.07) is 23.6. The van der Waals surface area contributed by atoms with E-state index in [-0.39, 0.29) is 5.91 Å². The summed E-state index contributed by atoms with van der Waals surface area (Å²) in [5, 5.41) is 13.4. The van der Waals surface area contributed by atoms with Gasteiger partial charge in [0.25, 0.3) is 0 Å². The lowest BCUT2D eigenvalue weighted by Gasteiger charge is -2.08. The van der Waals surface area contributed by atoms with Crippen LogP contribution in [0.2, 0.25) is 0 Å². The maximum atomic E-state index is 12.0. The fourth-order valence-corrected chi connectivity index (χ4v) is 4.29. The van der Waals surface area contributed by atoms with Crippen LogP contribution in [0.25, 0.3) is 0 Å². The number of thioether (sulfide) groups is 1. The number of aliphatic hydroxyl groups excluding tert-OH is 1. The Kier molecular flexibility index (Phi) is 6.89. The first kappa shape index (κ1) is 18.7. The average Bonchev–Trinajstić information content (AvgIpc) is 3.16. The Morgan fingerprint density at radius 1 is 1.00 bits per heavy atom. The summed E-state index contributed by atoms with van der Waals surface area (Å²) in [6.45, 7) is 0.497. The Bertz CT molecular complexity index is 818. The Morgan fingerprint density at radius 3 is 2.42 bits per heavy atom. The zero-order valence-corrected chi connectivity index (χ0v) is 15.9. The van der Waals surface area contributed by atoms with Gasteiger partial charge >= 0.3 is 0 Å². The minimum absolute atomic E-state index is 0.0319. The number of carbonyl (C=O) groups is 1. The summed E-state index contributed by atoms with van der Waals surface area (Å²) in [4.78, 5) is 13.9. The van der Waals surface area contributed by atoms with Crippen LogP contribution in [0.1, 0.15) is 27.0 Å². The third-order valence-corrected chi connectivity index (χ3v) is 6.01. The molecule has 0 aliphatic carbocycles. The zero-order chi connectivity index (χ0) is 18.2. The quantitative estimate of drug-likeness (QED) is 0.607. The fourth-order valence-electron chi connectivity index (χ4n) is 2.51. The van der Waals surface area contributed by atoms with Gasteiger partial charge in [-0.3, -0.25) is 4.79 Å². The minimum atomic E-state index is -0.618. The maximum absolute atomic E-state index is 12.0. The SMILES string of the molecule is O=C(CSCc1ccccc1)NCc1ccc(C(O)c2ccccc2)s1. The van der Waals surface area contributed by atoms with Gasteiger partial charge in [-0.05, 0) is 23.3 Å². The number of aliphatic hydroxyl groups is 1. The molecule has 2 N–H and O–H groups in total. The monoisotopic (exact) mass is 383 g/mol. The van der Waals surface area contributed by atoms with Crippen molar-refractivity contribution in [2.45, 2.75) is 18.4 Å². The number of benzene rings is 2. The van der Waals surface area contributed by atoms with Crippen LogP contribution in [0.4, 0.5) is 0 Å². The molecule has 0 radical (unpaired) electrons. The largest absolute Gasteiger partial charge is 0.383 e. The maximum Gasteiger partial charge on any atom is 0.230 e. The van der Waals surface area contributed by atoms with Crippen molar-refractivity contribution in [3.63, 3.8) is 0 Å². The highest BCUT2D eigenvalue weighted by molar-refractivity contribution is 7.99. The standard InChI is InChI=1S/C21H21NO2S2/c23-20(15-25-14-16-7-3-1-4-8-16)22-13-18-11-12-19(26-18)21(24)17-9-5-2-6-10-17/h1-12,21,24H,13-15H2,(H,22,23). The Labute approximate surface area is 162 Å². The highest BCUT2D eigenvalue weighted by Gasteiger charge is 2.13. The van der Waals surface area contributed by atoms with E-state index in [9.17, 15) is 9.90 Å². The number of rotatable bonds is 8. The molecule has 3 aromatic rings. The number of carbonyl (C=O) groups excluding carboxylic acids is 1. The number of amides is 1. The number of hydrogen-bond acceptors (Lipinski definition) is 4. The van der Waals surface area contributed by atoms with Gasteiger partial charge in [0.2, 0.25) is 5.91 Å². The first-order valence-electron chi connectivity index (χ1n) is 8.42. The van der Waals surface area contributed by atoms with Gasteiger partial charge in [-0.25, -0.2) is 0 Å². The van der Waals surface area contributed by atoms with E-state index in [1.807, 2.05) is 60.7 Å². The van der Waals surface area contributed by atoms with E-state index in [2.05, 4.69) is 17.4 Å². The highest BCUT2D eigenvalue weighted by atomic mass is 32.2. The average molecular weight is 384 g/mol. The van der Waals surface area contributed by atoms with Gasteiger partial charge in [0.15, 0.2) is 0 Å². The molecule has 0 bridgehead atoms. The van der Waals surface area contributed by atoms with Crippen LogP contribution in [0.5, 0.6) is 0 Å². The smallest absolute Gasteiger partial charge is 0.230 e. The summed E-state index contributed by atoms with van der Waals surface area (Å²) in [6.07, 6.45) is -0.618. The lowest BCUT2D eigenvalue weighted by molar-refractivity contribution is -0.118. The molecule has 1 heterocycles. The highest BCUT2D eigenvalue weighted by Crippen LogP contribution is 2.28. The van der Waals surface area contributed by atoms with Crippen molar-refractivity contribution in [3.05, 3.63) is 93.7 Å². The molecule has 1 atom stereocenters. The lowest BCUT2D eigenvalue weighted by atomic mass is 10.1. The van der Waals surface area contributed by atoms with Gasteiger partial charge in [0.1, 0.15) is 6.10 Å². The van der Waals surface area contributed by atoms with Crippen molar-refractivity contribution >= 4 is 29.0 Å². The molecular formula is C21H21NO2S2. The molecule has 26 heavy (non-hydrogen) atoms. The second kappa shape index (κ2) is 9.57. The summed E-state index contributed by atoms with van der Waals surface area (Å²) in [5.41, 5.74) is 2.10. The van der Waals surface area contributed by atoms with Crippen molar-refractivity contribution in [2.24, 2.45) is 0 Å². The predicted octanol–water partition coefficient (Wildman–Crippen LogP) is 4.38. The van der Waals surface area contributed by atoms with E-state index in [1.54, 1.807) is 11.8 Å². The minimum Gasteiger partial charge on any atom is -0.383 e. The van der Waals surface area contributed by atoms with Crippen LogP contribution in [-0.4, -0.2) is 16.8 Å². The van der Waals surface area contributed by atoms with Gasteiger partial charge in [0, 0.05) is 15.5 Å². The molecule has 1 amide bonds. The van der Waals surface area contributed by atoms with Crippen molar-refractivity contribution in [1.29, 1.82) is 0 Å². The Hall–Kier alpha value is -2.08. The third-order valence-electron chi connectivity index (χ3n) is 3.87. The first-order chi connectivity index (χ1) is 12.7. The molecule has 0 aliphatic rings. The van der Waals surface area contributed by atoms with E-state index in [0.717, 1.165) is 21.1 Å². The summed E-state index contributed by atoms with van der Waals surface area (Å²) < 4.78 is 0. The van der Waals surface area contributed by atoms with Crippen molar-refractivity contribution in [1.82, 2.24) is 5.32 Å². The molecule has 5 heteroatoms. The van der Waals surface area contributed by atoms with Gasteiger partial charge in [0.05, 0.1) is 12.3 Å². The van der Waals surface area contributed by atoms with Gasteiger partial charge < -0.3 is 10.4 Å². The van der Waals surface area contributed by atoms with E-state index < -0.39 is 6.10 Å². The molecule has 3 nitrogen and oxygen atoms in total. The molecule has 0 saturated carbocycles. The predicted molar refractivity (Wildman–Crippen MR) is 109 cm³/mol. The van der Waals surface area contributed by atoms with E-state index in [1.165, 1.54) is 16.9 Å². The van der Waals surface area contributed by atoms with Gasteiger partial charge in [-0.1, -0.05) is 60.7 Å². The van der Waals surface area contributed by atoms with Crippen molar-refractivity contribution < 1.29 is 9.90 Å². The van der Waals surface area contributed by atoms with Crippen LogP contribution >= 0.6 is 23.1 Å². The number of thiophene rings is 1. The van der Waals surface area contributed by atoms with Crippen LogP contribution in [0.3, 0.4) is 0 Å². The van der Waals surface area contributed by atoms with Gasteiger partial charge in [-0.15, -0.1) is 23.1 Å². The third kappa shape index (κ3) is 5.46. The summed E-state index contributed by atoms with van der Waals surface area (Å²) in [7, 11) is 0. The van der Waals surface area contributed by atoms with Crippen LogP contribution in [-0.2, 0) is 17.1 Å². The van der Waals surface area contributed by atoms with Gasteiger partial charge in [-0.2, -0.15) is 0 Å². The summed E-state index contributed by atoms with van der Waals surface area (Å²) in [5.74, 6) is 1.31. The molecule has 3 rings (SSSR count). The lowest BCUT2D eigenvalue weighted by Crippen LogP contribution is -2.24. The van der Waals surface area contributed by atoms with E-state index in [0.29, 0.717) is 12.3 Å². The molecule has 0 fully saturated rings. The molecule has 1 aromatic heterocycles. The van der Waals surface area contributed by atoms with Crippen LogP contribution in [0, 0.1) is 0 Å². The normalized spacial score (nSPS) is 11.9. The van der Waals surface area contributed by atoms with Crippen LogP contribution in [0.15, 0.2) is 72.8 Å². The molecule has 134 valence electrons. The van der Waals surface area contributed by atoms with Crippen LogP contribution < -0.4 is 5.32 Å². The van der Waals surface area contributed by atoms with E-state index >= 15 is 0 Å². The topological polar surface area (TPSA) is 49.3 Å². The van der Waals surface area contributed by atoms with Crippen molar-refractivity contribution in [2.75, 3.05) is 5.75 Å². The molecular weight excluding hydrogens is 362 g/mol. The number of hydrogen-bond donors (Lipinski definition) is 2. The van der Waals surface area contributed by atoms with Crippen molar-refractivity contribution in [3.8, 4) is 0 Å². The molecule has 0 aliphatic heterocycles. The second-order valence-electron chi connectivity index (χ2n) is 5.87. The molecule has 0 spiro atoms. The first-order valence-corrected chi connectivity index (χ1v) is 10.4. The molecule has 0 saturated heterocycles. The van der Waals surface area contributed by atoms with E-state index in [4.69, 9.17) is 0 Å². The molecule has 1 unspecified atom stereocenters. The zero-order valence-electron chi connectivity index (χ0n) is 14.3. The number of nitrogens with one attached hydrogen (secondary N) is 1. The fraction of sp³-hybridized carbons (Fsp3) is 0.190. The summed E-state index contributed by atoms with van der Waals surface area (Å²) >= 11 is 3.14. The Morgan fingerprint density at radius 2 is 1.69 bits per heavy atom.